The zero-order valence-electron chi connectivity index (χ0n) is 9.62. The van der Waals surface area contributed by atoms with E-state index in [1.807, 2.05) is 0 Å². The van der Waals surface area contributed by atoms with Crippen LogP contribution in [0.4, 0.5) is 5.13 Å². The average molecular weight is 309 g/mol. The third-order valence-corrected chi connectivity index (χ3v) is 4.43. The van der Waals surface area contributed by atoms with Gasteiger partial charge in [-0.15, -0.1) is 23.2 Å². The molecule has 98 valence electrons. The highest BCUT2D eigenvalue weighted by Gasteiger charge is 2.56. The van der Waals surface area contributed by atoms with Gasteiger partial charge in [0.2, 0.25) is 5.91 Å². The van der Waals surface area contributed by atoms with E-state index in [0.29, 0.717) is 22.1 Å². The van der Waals surface area contributed by atoms with Crippen LogP contribution in [0, 0.1) is 12.8 Å². The number of aromatic nitrogens is 1. The highest BCUT2D eigenvalue weighted by atomic mass is 35.5. The SMILES string of the molecule is COC(=O)c1sc(NC(=O)C2CC2(Cl)Cl)nc1C. The maximum absolute atomic E-state index is 11.7. The number of amides is 1. The van der Waals surface area contributed by atoms with Crippen LogP contribution < -0.4 is 5.32 Å². The molecule has 2 rings (SSSR count). The van der Waals surface area contributed by atoms with Crippen LogP contribution in [-0.4, -0.2) is 28.3 Å². The topological polar surface area (TPSA) is 68.3 Å². The van der Waals surface area contributed by atoms with Crippen molar-refractivity contribution in [2.24, 2.45) is 5.92 Å². The van der Waals surface area contributed by atoms with Crippen molar-refractivity contribution in [3.05, 3.63) is 10.6 Å². The van der Waals surface area contributed by atoms with E-state index in [9.17, 15) is 9.59 Å². The molecule has 0 spiro atoms. The Morgan fingerprint density at radius 2 is 2.17 bits per heavy atom. The predicted molar refractivity (Wildman–Crippen MR) is 69.4 cm³/mol. The summed E-state index contributed by atoms with van der Waals surface area (Å²) >= 11 is 12.6. The van der Waals surface area contributed by atoms with Crippen LogP contribution in [0.5, 0.6) is 0 Å². The Hall–Kier alpha value is -0.850. The van der Waals surface area contributed by atoms with Crippen molar-refractivity contribution in [1.82, 2.24) is 4.98 Å². The molecule has 1 aromatic rings. The minimum Gasteiger partial charge on any atom is -0.465 e. The van der Waals surface area contributed by atoms with Gasteiger partial charge in [0.25, 0.3) is 0 Å². The van der Waals surface area contributed by atoms with Crippen LogP contribution in [0.1, 0.15) is 21.8 Å². The van der Waals surface area contributed by atoms with Gasteiger partial charge in [0.05, 0.1) is 18.7 Å². The second-order valence-electron chi connectivity index (χ2n) is 3.93. The quantitative estimate of drug-likeness (QED) is 0.687. The van der Waals surface area contributed by atoms with Gasteiger partial charge in [-0.1, -0.05) is 11.3 Å². The van der Waals surface area contributed by atoms with Crippen molar-refractivity contribution in [2.45, 2.75) is 17.7 Å². The summed E-state index contributed by atoms with van der Waals surface area (Å²) in [6.45, 7) is 1.67. The summed E-state index contributed by atoms with van der Waals surface area (Å²) in [6.07, 6.45) is 0.427. The number of carbonyl (C=O) groups is 2. The molecule has 1 aromatic heterocycles. The first-order chi connectivity index (χ1) is 8.35. The molecule has 1 amide bonds. The lowest BCUT2D eigenvalue weighted by Gasteiger charge is -2.00. The average Bonchev–Trinajstić information content (AvgIpc) is 2.78. The maximum Gasteiger partial charge on any atom is 0.350 e. The Balaban J connectivity index is 2.07. The molecule has 0 aromatic carbocycles. The molecule has 18 heavy (non-hydrogen) atoms. The summed E-state index contributed by atoms with van der Waals surface area (Å²) in [6, 6.07) is 0. The molecule has 1 fully saturated rings. The van der Waals surface area contributed by atoms with Crippen LogP contribution in [0.25, 0.3) is 0 Å². The fourth-order valence-corrected chi connectivity index (χ4v) is 2.82. The van der Waals surface area contributed by atoms with Crippen molar-refractivity contribution in [3.63, 3.8) is 0 Å². The molecular weight excluding hydrogens is 299 g/mol. The van der Waals surface area contributed by atoms with Crippen molar-refractivity contribution >= 4 is 51.5 Å². The van der Waals surface area contributed by atoms with Gasteiger partial charge in [-0.25, -0.2) is 9.78 Å². The highest BCUT2D eigenvalue weighted by Crippen LogP contribution is 2.53. The second kappa shape index (κ2) is 4.68. The second-order valence-corrected chi connectivity index (χ2v) is 6.47. The Morgan fingerprint density at radius 3 is 2.67 bits per heavy atom. The number of anilines is 1. The number of thiazole rings is 1. The zero-order valence-corrected chi connectivity index (χ0v) is 11.9. The Bertz CT molecular complexity index is 515. The molecule has 1 N–H and O–H groups in total. The summed E-state index contributed by atoms with van der Waals surface area (Å²) in [5.41, 5.74) is 0.515. The van der Waals surface area contributed by atoms with Crippen LogP contribution in [-0.2, 0) is 9.53 Å². The van der Waals surface area contributed by atoms with Gasteiger partial charge < -0.3 is 10.1 Å². The first kappa shape index (κ1) is 13.6. The number of aryl methyl sites for hydroxylation is 1. The number of rotatable bonds is 3. The number of carbonyl (C=O) groups excluding carboxylic acids is 2. The molecule has 0 saturated heterocycles. The van der Waals surface area contributed by atoms with Gasteiger partial charge in [0, 0.05) is 0 Å². The standard InChI is InChI=1S/C10H10Cl2N2O3S/c1-4-6(8(16)17-2)18-9(13-4)14-7(15)5-3-10(5,11)12/h5H,3H2,1-2H3,(H,13,14,15). The van der Waals surface area contributed by atoms with E-state index < -0.39 is 16.2 Å². The number of halogens is 2. The van der Waals surface area contributed by atoms with Gasteiger partial charge in [-0.05, 0) is 13.3 Å². The van der Waals surface area contributed by atoms with E-state index in [2.05, 4.69) is 15.0 Å². The molecule has 1 atom stereocenters. The number of hydrogen-bond acceptors (Lipinski definition) is 5. The Labute approximate surface area is 117 Å². The van der Waals surface area contributed by atoms with E-state index in [4.69, 9.17) is 23.2 Å². The van der Waals surface area contributed by atoms with Crippen molar-refractivity contribution in [1.29, 1.82) is 0 Å². The number of nitrogens with zero attached hydrogens (tertiary/aromatic N) is 1. The summed E-state index contributed by atoms with van der Waals surface area (Å²) in [7, 11) is 1.29. The summed E-state index contributed by atoms with van der Waals surface area (Å²) in [5, 5.41) is 2.93. The van der Waals surface area contributed by atoms with Crippen molar-refractivity contribution < 1.29 is 14.3 Å². The summed E-state index contributed by atoms with van der Waals surface area (Å²) in [5.74, 6) is -1.18. The minimum absolute atomic E-state index is 0.287. The Morgan fingerprint density at radius 1 is 1.56 bits per heavy atom. The Kier molecular flexibility index (Phi) is 3.53. The third kappa shape index (κ3) is 2.60. The number of ether oxygens (including phenoxy) is 1. The molecule has 0 aliphatic heterocycles. The van der Waals surface area contributed by atoms with Crippen molar-refractivity contribution in [3.8, 4) is 0 Å². The molecule has 8 heteroatoms. The molecule has 1 aliphatic carbocycles. The lowest BCUT2D eigenvalue weighted by Crippen LogP contribution is -2.16. The normalized spacial score (nSPS) is 20.3. The van der Waals surface area contributed by atoms with Gasteiger partial charge >= 0.3 is 5.97 Å². The summed E-state index contributed by atoms with van der Waals surface area (Å²) in [4.78, 5) is 27.5. The van der Waals surface area contributed by atoms with Crippen LogP contribution in [0.3, 0.4) is 0 Å². The number of nitrogens with one attached hydrogen (secondary N) is 1. The van der Waals surface area contributed by atoms with E-state index >= 15 is 0 Å². The molecule has 0 radical (unpaired) electrons. The molecule has 5 nitrogen and oxygen atoms in total. The van der Waals surface area contributed by atoms with Gasteiger partial charge in [-0.2, -0.15) is 0 Å². The van der Waals surface area contributed by atoms with Gasteiger partial charge in [0.15, 0.2) is 5.13 Å². The fourth-order valence-electron chi connectivity index (χ4n) is 1.42. The number of esters is 1. The van der Waals surface area contributed by atoms with E-state index in [0.717, 1.165) is 11.3 Å². The fraction of sp³-hybridized carbons (Fsp3) is 0.500. The highest BCUT2D eigenvalue weighted by molar-refractivity contribution is 7.17. The first-order valence-electron chi connectivity index (χ1n) is 5.09. The number of hydrogen-bond donors (Lipinski definition) is 1. The van der Waals surface area contributed by atoms with Crippen molar-refractivity contribution in [2.75, 3.05) is 12.4 Å². The molecule has 1 unspecified atom stereocenters. The number of methoxy groups -OCH3 is 1. The molecular formula is C10H10Cl2N2O3S. The maximum atomic E-state index is 11.7. The van der Waals surface area contributed by atoms with E-state index in [1.165, 1.54) is 7.11 Å². The largest absolute Gasteiger partial charge is 0.465 e. The minimum atomic E-state index is -0.971. The predicted octanol–water partition coefficient (Wildman–Crippen LogP) is 2.37. The lowest BCUT2D eigenvalue weighted by atomic mass is 10.4. The van der Waals surface area contributed by atoms with E-state index in [-0.39, 0.29) is 5.91 Å². The smallest absolute Gasteiger partial charge is 0.350 e. The molecule has 1 heterocycles. The van der Waals surface area contributed by atoms with Gasteiger partial charge in [0.1, 0.15) is 9.21 Å². The number of alkyl halides is 2. The van der Waals surface area contributed by atoms with Crippen LogP contribution >= 0.6 is 34.5 Å². The zero-order chi connectivity index (χ0) is 13.5. The molecule has 0 bridgehead atoms. The van der Waals surface area contributed by atoms with Crippen LogP contribution in [0.2, 0.25) is 0 Å². The first-order valence-corrected chi connectivity index (χ1v) is 6.67. The monoisotopic (exact) mass is 308 g/mol. The molecule has 1 saturated carbocycles. The summed E-state index contributed by atoms with van der Waals surface area (Å²) < 4.78 is 3.63. The molecule has 1 aliphatic rings. The van der Waals surface area contributed by atoms with Gasteiger partial charge in [-0.3, -0.25) is 4.79 Å². The van der Waals surface area contributed by atoms with Crippen LogP contribution in [0.15, 0.2) is 0 Å². The van der Waals surface area contributed by atoms with E-state index in [1.54, 1.807) is 6.92 Å². The third-order valence-electron chi connectivity index (χ3n) is 2.54. The lowest BCUT2D eigenvalue weighted by molar-refractivity contribution is -0.117.